The summed E-state index contributed by atoms with van der Waals surface area (Å²) < 4.78 is 5.11. The van der Waals surface area contributed by atoms with Crippen molar-refractivity contribution in [2.24, 2.45) is 0 Å². The van der Waals surface area contributed by atoms with Crippen molar-refractivity contribution in [1.82, 2.24) is 4.90 Å². The quantitative estimate of drug-likeness (QED) is 0.618. The minimum atomic E-state index is 0.353. The molecule has 13 heavy (non-hydrogen) atoms. The van der Waals surface area contributed by atoms with Gasteiger partial charge in [0.2, 0.25) is 0 Å². The van der Waals surface area contributed by atoms with E-state index >= 15 is 0 Å². The van der Waals surface area contributed by atoms with Gasteiger partial charge in [-0.25, -0.2) is 0 Å². The number of methoxy groups -OCH3 is 1. The highest BCUT2D eigenvalue weighted by Crippen LogP contribution is 2.20. The van der Waals surface area contributed by atoms with Gasteiger partial charge in [0.1, 0.15) is 11.8 Å². The molecular weight excluding hydrogens is 164 g/mol. The van der Waals surface area contributed by atoms with Gasteiger partial charge < -0.3 is 9.64 Å². The predicted molar refractivity (Wildman–Crippen MR) is 51.0 cm³/mol. The Morgan fingerprint density at radius 3 is 3.08 bits per heavy atom. The molecule has 1 fully saturated rings. The average molecular weight is 180 g/mol. The fraction of sp³-hybridized carbons (Fsp3) is 0.700. The van der Waals surface area contributed by atoms with Crippen molar-refractivity contribution in [3.63, 3.8) is 0 Å². The van der Waals surface area contributed by atoms with E-state index in [1.54, 1.807) is 7.11 Å². The fourth-order valence-electron chi connectivity index (χ4n) is 1.79. The first-order valence-electron chi connectivity index (χ1n) is 4.64. The first-order chi connectivity index (χ1) is 6.29. The lowest BCUT2D eigenvalue weighted by atomic mass is 10.0. The van der Waals surface area contributed by atoms with Crippen molar-refractivity contribution in [3.05, 3.63) is 12.3 Å². The lowest BCUT2D eigenvalue weighted by Gasteiger charge is -2.35. The number of hydrogen-bond donors (Lipinski definition) is 0. The van der Waals surface area contributed by atoms with Crippen LogP contribution < -0.4 is 0 Å². The molecule has 1 saturated heterocycles. The van der Waals surface area contributed by atoms with Gasteiger partial charge in [-0.05, 0) is 19.3 Å². The van der Waals surface area contributed by atoms with Gasteiger partial charge in [0, 0.05) is 13.7 Å². The summed E-state index contributed by atoms with van der Waals surface area (Å²) in [6.07, 6.45) is 3.48. The summed E-state index contributed by atoms with van der Waals surface area (Å²) in [5.41, 5.74) is 0.571. The zero-order chi connectivity index (χ0) is 9.68. The number of ether oxygens (including phenoxy) is 1. The smallest absolute Gasteiger partial charge is 0.116 e. The summed E-state index contributed by atoms with van der Waals surface area (Å²) in [6.45, 7) is 5.38. The molecular formula is C10H16N2O. The van der Waals surface area contributed by atoms with E-state index in [1.807, 2.05) is 0 Å². The molecule has 0 aliphatic carbocycles. The second kappa shape index (κ2) is 4.88. The minimum absolute atomic E-state index is 0.353. The molecule has 3 nitrogen and oxygen atoms in total. The van der Waals surface area contributed by atoms with Crippen molar-refractivity contribution in [2.75, 3.05) is 20.3 Å². The molecule has 0 unspecified atom stereocenters. The van der Waals surface area contributed by atoms with Crippen molar-refractivity contribution < 1.29 is 4.74 Å². The fourth-order valence-corrected chi connectivity index (χ4v) is 1.79. The first kappa shape index (κ1) is 10.1. The number of nitriles is 1. The van der Waals surface area contributed by atoms with Crippen LogP contribution in [-0.2, 0) is 4.74 Å². The molecule has 1 aliphatic rings. The Morgan fingerprint density at radius 1 is 1.69 bits per heavy atom. The maximum atomic E-state index is 8.74. The zero-order valence-electron chi connectivity index (χ0n) is 8.12. The Morgan fingerprint density at radius 2 is 2.46 bits per heavy atom. The second-order valence-electron chi connectivity index (χ2n) is 3.36. The van der Waals surface area contributed by atoms with Gasteiger partial charge in [-0.15, -0.1) is 0 Å². The lowest BCUT2D eigenvalue weighted by Crippen LogP contribution is -2.40. The van der Waals surface area contributed by atoms with E-state index in [9.17, 15) is 0 Å². The van der Waals surface area contributed by atoms with E-state index in [2.05, 4.69) is 17.5 Å². The van der Waals surface area contributed by atoms with Crippen LogP contribution in [0.25, 0.3) is 0 Å². The van der Waals surface area contributed by atoms with E-state index in [-0.39, 0.29) is 0 Å². The highest BCUT2D eigenvalue weighted by Gasteiger charge is 2.22. The van der Waals surface area contributed by atoms with E-state index < -0.39 is 0 Å². The number of allylic oxidation sites excluding steroid dienone is 1. The molecule has 1 rings (SSSR count). The second-order valence-corrected chi connectivity index (χ2v) is 3.36. The number of piperidine rings is 1. The Kier molecular flexibility index (Phi) is 3.78. The lowest BCUT2D eigenvalue weighted by molar-refractivity contribution is 0.0902. The third-order valence-electron chi connectivity index (χ3n) is 2.46. The van der Waals surface area contributed by atoms with Crippen LogP contribution in [0.4, 0.5) is 0 Å². The summed E-state index contributed by atoms with van der Waals surface area (Å²) in [4.78, 5) is 2.06. The molecule has 0 spiro atoms. The van der Waals surface area contributed by atoms with E-state index in [0.29, 0.717) is 18.3 Å². The molecule has 0 aromatic rings. The van der Waals surface area contributed by atoms with Gasteiger partial charge >= 0.3 is 0 Å². The maximum Gasteiger partial charge on any atom is 0.116 e. The van der Waals surface area contributed by atoms with Crippen LogP contribution in [0.3, 0.4) is 0 Å². The van der Waals surface area contributed by atoms with E-state index in [4.69, 9.17) is 10.00 Å². The zero-order valence-corrected chi connectivity index (χ0v) is 8.12. The van der Waals surface area contributed by atoms with Crippen LogP contribution in [-0.4, -0.2) is 31.2 Å². The Bertz CT molecular complexity index is 217. The van der Waals surface area contributed by atoms with E-state index in [1.165, 1.54) is 6.42 Å². The first-order valence-corrected chi connectivity index (χ1v) is 4.64. The molecule has 1 aliphatic heterocycles. The number of nitrogens with zero attached hydrogens (tertiary/aromatic N) is 2. The molecule has 3 heteroatoms. The largest absolute Gasteiger partial charge is 0.383 e. The van der Waals surface area contributed by atoms with Crippen molar-refractivity contribution >= 4 is 0 Å². The van der Waals surface area contributed by atoms with Gasteiger partial charge in [-0.1, -0.05) is 6.58 Å². The molecule has 0 amide bonds. The van der Waals surface area contributed by atoms with Crippen molar-refractivity contribution in [3.8, 4) is 6.07 Å². The SMILES string of the molecule is C=C(C#N)N1CCCC[C@H]1COC. The Hall–Kier alpha value is -1.01. The number of hydrogen-bond acceptors (Lipinski definition) is 3. The molecule has 72 valence electrons. The highest BCUT2D eigenvalue weighted by atomic mass is 16.5. The van der Waals surface area contributed by atoms with Crippen LogP contribution in [0.1, 0.15) is 19.3 Å². The summed E-state index contributed by atoms with van der Waals surface area (Å²) >= 11 is 0. The number of rotatable bonds is 3. The molecule has 0 bridgehead atoms. The Labute approximate surface area is 79.6 Å². The third-order valence-corrected chi connectivity index (χ3v) is 2.46. The summed E-state index contributed by atoms with van der Waals surface area (Å²) in [5.74, 6) is 0. The van der Waals surface area contributed by atoms with Crippen molar-refractivity contribution in [1.29, 1.82) is 5.26 Å². The minimum Gasteiger partial charge on any atom is -0.383 e. The molecule has 0 N–H and O–H groups in total. The Balaban J connectivity index is 2.57. The molecule has 1 heterocycles. The summed E-state index contributed by atoms with van der Waals surface area (Å²) in [7, 11) is 1.70. The van der Waals surface area contributed by atoms with Crippen molar-refractivity contribution in [2.45, 2.75) is 25.3 Å². The standard InChI is InChI=1S/C10H16N2O/c1-9(7-11)12-6-4-3-5-10(12)8-13-2/h10H,1,3-6,8H2,2H3/t10-/m0/s1. The van der Waals surface area contributed by atoms with Gasteiger partial charge in [0.15, 0.2) is 0 Å². The predicted octanol–water partition coefficient (Wildman–Crippen LogP) is 1.52. The van der Waals surface area contributed by atoms with Crippen LogP contribution in [0.15, 0.2) is 12.3 Å². The monoisotopic (exact) mass is 180 g/mol. The molecule has 1 atom stereocenters. The summed E-state index contributed by atoms with van der Waals surface area (Å²) in [6, 6.07) is 2.45. The maximum absolute atomic E-state index is 8.74. The van der Waals surface area contributed by atoms with Gasteiger partial charge in [0.05, 0.1) is 12.6 Å². The summed E-state index contributed by atoms with van der Waals surface area (Å²) in [5, 5.41) is 8.74. The van der Waals surface area contributed by atoms with Crippen LogP contribution >= 0.6 is 0 Å². The van der Waals surface area contributed by atoms with E-state index in [0.717, 1.165) is 19.4 Å². The van der Waals surface area contributed by atoms with Gasteiger partial charge in [-0.3, -0.25) is 0 Å². The van der Waals surface area contributed by atoms with Gasteiger partial charge in [-0.2, -0.15) is 5.26 Å². The topological polar surface area (TPSA) is 36.3 Å². The molecule has 0 radical (unpaired) electrons. The normalized spacial score (nSPS) is 22.5. The third kappa shape index (κ3) is 2.46. The molecule has 0 aromatic heterocycles. The van der Waals surface area contributed by atoms with Gasteiger partial charge in [0.25, 0.3) is 0 Å². The van der Waals surface area contributed by atoms with Crippen LogP contribution in [0, 0.1) is 11.3 Å². The number of likely N-dealkylation sites (tertiary alicyclic amines) is 1. The molecule has 0 saturated carbocycles. The van der Waals surface area contributed by atoms with Crippen LogP contribution in [0.2, 0.25) is 0 Å². The van der Waals surface area contributed by atoms with Crippen LogP contribution in [0.5, 0.6) is 0 Å². The highest BCUT2D eigenvalue weighted by molar-refractivity contribution is 5.16. The average Bonchev–Trinajstić information content (AvgIpc) is 2.18. The molecule has 0 aromatic carbocycles.